The van der Waals surface area contributed by atoms with Crippen LogP contribution in [0.25, 0.3) is 0 Å². The largest absolute Gasteiger partial charge is 0.299 e. The van der Waals surface area contributed by atoms with E-state index in [2.05, 4.69) is 18.7 Å². The third-order valence-electron chi connectivity index (χ3n) is 5.75. The molecule has 0 amide bonds. The molecule has 1 aliphatic heterocycles. The smallest absolute Gasteiger partial charge is 0.243 e. The van der Waals surface area contributed by atoms with Crippen LogP contribution in [0.5, 0.6) is 0 Å². The van der Waals surface area contributed by atoms with Crippen LogP contribution in [0.4, 0.5) is 0 Å². The van der Waals surface area contributed by atoms with Crippen LogP contribution in [0.15, 0.2) is 59.5 Å². The second kappa shape index (κ2) is 9.68. The zero-order chi connectivity index (χ0) is 20.0. The lowest BCUT2D eigenvalue weighted by Crippen LogP contribution is -2.43. The SMILES string of the molecule is CCc1ccc(S(=O)(=O)N(CCN2CCCCC2C)Cc2ccccc2)cc1. The minimum Gasteiger partial charge on any atom is -0.299 e. The number of piperidine rings is 1. The molecule has 5 heteroatoms. The number of aryl methyl sites for hydroxylation is 1. The zero-order valence-electron chi connectivity index (χ0n) is 17.0. The fraction of sp³-hybridized carbons (Fsp3) is 0.478. The quantitative estimate of drug-likeness (QED) is 0.663. The highest BCUT2D eigenvalue weighted by atomic mass is 32.2. The summed E-state index contributed by atoms with van der Waals surface area (Å²) in [6.45, 7) is 7.08. The van der Waals surface area contributed by atoms with Gasteiger partial charge in [-0.3, -0.25) is 4.90 Å². The number of benzene rings is 2. The van der Waals surface area contributed by atoms with E-state index in [0.717, 1.165) is 30.6 Å². The molecule has 1 unspecified atom stereocenters. The first-order chi connectivity index (χ1) is 13.5. The molecule has 0 saturated carbocycles. The van der Waals surface area contributed by atoms with Crippen LogP contribution in [-0.2, 0) is 23.0 Å². The molecule has 3 rings (SSSR count). The van der Waals surface area contributed by atoms with E-state index in [-0.39, 0.29) is 0 Å². The molecule has 2 aromatic carbocycles. The standard InChI is InChI=1S/C23H32N2O2S/c1-3-21-12-14-23(15-13-21)28(26,27)25(19-22-10-5-4-6-11-22)18-17-24-16-8-7-9-20(24)2/h4-6,10-15,20H,3,7-9,16-19H2,1-2H3. The average Bonchev–Trinajstić information content (AvgIpc) is 2.73. The van der Waals surface area contributed by atoms with Gasteiger partial charge in [-0.15, -0.1) is 0 Å². The Kier molecular flexibility index (Phi) is 7.27. The van der Waals surface area contributed by atoms with Gasteiger partial charge in [-0.1, -0.05) is 55.8 Å². The minimum absolute atomic E-state index is 0.382. The molecule has 152 valence electrons. The maximum Gasteiger partial charge on any atom is 0.243 e. The molecule has 0 radical (unpaired) electrons. The van der Waals surface area contributed by atoms with Crippen molar-refractivity contribution in [2.75, 3.05) is 19.6 Å². The normalized spacial score (nSPS) is 18.5. The van der Waals surface area contributed by atoms with Crippen LogP contribution in [0.1, 0.15) is 44.2 Å². The molecule has 1 heterocycles. The average molecular weight is 401 g/mol. The predicted octanol–water partition coefficient (Wildman–Crippen LogP) is 4.31. The molecule has 0 aliphatic carbocycles. The number of hydrogen-bond donors (Lipinski definition) is 0. The van der Waals surface area contributed by atoms with Crippen molar-refractivity contribution in [1.82, 2.24) is 9.21 Å². The Balaban J connectivity index is 1.81. The van der Waals surface area contributed by atoms with Gasteiger partial charge in [0.15, 0.2) is 0 Å². The number of hydrogen-bond acceptors (Lipinski definition) is 3. The Hall–Kier alpha value is -1.69. The molecule has 28 heavy (non-hydrogen) atoms. The summed E-state index contributed by atoms with van der Waals surface area (Å²) in [5.41, 5.74) is 2.17. The summed E-state index contributed by atoms with van der Waals surface area (Å²) >= 11 is 0. The molecule has 1 atom stereocenters. The summed E-state index contributed by atoms with van der Waals surface area (Å²) < 4.78 is 28.4. The summed E-state index contributed by atoms with van der Waals surface area (Å²) in [4.78, 5) is 2.81. The first kappa shape index (κ1) is 21.0. The van der Waals surface area contributed by atoms with Gasteiger partial charge >= 0.3 is 0 Å². The van der Waals surface area contributed by atoms with E-state index in [1.54, 1.807) is 16.4 Å². The fourth-order valence-corrected chi connectivity index (χ4v) is 5.27. The van der Waals surface area contributed by atoms with Gasteiger partial charge in [0.1, 0.15) is 0 Å². The molecular formula is C23H32N2O2S. The number of nitrogens with zero attached hydrogens (tertiary/aromatic N) is 2. The number of sulfonamides is 1. The second-order valence-electron chi connectivity index (χ2n) is 7.70. The third-order valence-corrected chi connectivity index (χ3v) is 7.61. The molecule has 0 spiro atoms. The van der Waals surface area contributed by atoms with Gasteiger partial charge in [-0.05, 0) is 56.0 Å². The lowest BCUT2D eigenvalue weighted by molar-refractivity contribution is 0.151. The molecule has 1 aliphatic rings. The van der Waals surface area contributed by atoms with E-state index < -0.39 is 10.0 Å². The maximum absolute atomic E-state index is 13.4. The van der Waals surface area contributed by atoms with Gasteiger partial charge in [-0.25, -0.2) is 8.42 Å². The highest BCUT2D eigenvalue weighted by molar-refractivity contribution is 7.89. The van der Waals surface area contributed by atoms with Gasteiger partial charge < -0.3 is 0 Å². The third kappa shape index (κ3) is 5.22. The van der Waals surface area contributed by atoms with E-state index >= 15 is 0 Å². The molecule has 1 saturated heterocycles. The monoisotopic (exact) mass is 400 g/mol. The lowest BCUT2D eigenvalue weighted by atomic mass is 10.0. The Morgan fingerprint density at radius 3 is 2.36 bits per heavy atom. The number of likely N-dealkylation sites (tertiary alicyclic amines) is 1. The summed E-state index contributed by atoms with van der Waals surface area (Å²) in [5, 5.41) is 0. The molecular weight excluding hydrogens is 368 g/mol. The summed E-state index contributed by atoms with van der Waals surface area (Å²) in [6.07, 6.45) is 4.58. The van der Waals surface area contributed by atoms with Crippen LogP contribution in [0.2, 0.25) is 0 Å². The van der Waals surface area contributed by atoms with Gasteiger partial charge in [-0.2, -0.15) is 4.31 Å². The van der Waals surface area contributed by atoms with Crippen molar-refractivity contribution in [2.24, 2.45) is 0 Å². The molecule has 0 N–H and O–H groups in total. The van der Waals surface area contributed by atoms with Crippen LogP contribution in [0, 0.1) is 0 Å². The highest BCUT2D eigenvalue weighted by Gasteiger charge is 2.26. The molecule has 4 nitrogen and oxygen atoms in total. The topological polar surface area (TPSA) is 40.6 Å². The van der Waals surface area contributed by atoms with Crippen molar-refractivity contribution in [1.29, 1.82) is 0 Å². The maximum atomic E-state index is 13.4. The second-order valence-corrected chi connectivity index (χ2v) is 9.64. The Bertz CT molecular complexity index is 835. The van der Waals surface area contributed by atoms with Crippen LogP contribution >= 0.6 is 0 Å². The van der Waals surface area contributed by atoms with E-state index in [4.69, 9.17) is 0 Å². The van der Waals surface area contributed by atoms with E-state index in [1.807, 2.05) is 42.5 Å². The first-order valence-electron chi connectivity index (χ1n) is 10.4. The predicted molar refractivity (Wildman–Crippen MR) is 115 cm³/mol. The zero-order valence-corrected chi connectivity index (χ0v) is 17.9. The number of rotatable bonds is 8. The van der Waals surface area contributed by atoms with Crippen molar-refractivity contribution in [3.05, 3.63) is 65.7 Å². The van der Waals surface area contributed by atoms with E-state index in [0.29, 0.717) is 24.0 Å². The highest BCUT2D eigenvalue weighted by Crippen LogP contribution is 2.21. The van der Waals surface area contributed by atoms with Crippen molar-refractivity contribution < 1.29 is 8.42 Å². The van der Waals surface area contributed by atoms with Gasteiger partial charge in [0, 0.05) is 25.7 Å². The van der Waals surface area contributed by atoms with Crippen molar-refractivity contribution in [3.8, 4) is 0 Å². The molecule has 0 bridgehead atoms. The van der Waals surface area contributed by atoms with Crippen molar-refractivity contribution in [2.45, 2.75) is 57.0 Å². The van der Waals surface area contributed by atoms with E-state index in [1.165, 1.54) is 19.3 Å². The molecule has 1 fully saturated rings. The Labute approximate surface area is 170 Å². The summed E-state index contributed by atoms with van der Waals surface area (Å²) in [7, 11) is -3.54. The van der Waals surface area contributed by atoms with Crippen molar-refractivity contribution in [3.63, 3.8) is 0 Å². The van der Waals surface area contributed by atoms with Crippen LogP contribution in [-0.4, -0.2) is 43.3 Å². The lowest BCUT2D eigenvalue weighted by Gasteiger charge is -2.35. The van der Waals surface area contributed by atoms with Crippen LogP contribution < -0.4 is 0 Å². The van der Waals surface area contributed by atoms with Gasteiger partial charge in [0.05, 0.1) is 4.90 Å². The van der Waals surface area contributed by atoms with Gasteiger partial charge in [0.25, 0.3) is 0 Å². The Morgan fingerprint density at radius 1 is 1.00 bits per heavy atom. The van der Waals surface area contributed by atoms with Crippen LogP contribution in [0.3, 0.4) is 0 Å². The van der Waals surface area contributed by atoms with Crippen molar-refractivity contribution >= 4 is 10.0 Å². The summed E-state index contributed by atoms with van der Waals surface area (Å²) in [5.74, 6) is 0. The molecule has 2 aromatic rings. The summed E-state index contributed by atoms with van der Waals surface area (Å²) in [6, 6.07) is 17.7. The Morgan fingerprint density at radius 2 is 1.71 bits per heavy atom. The van der Waals surface area contributed by atoms with E-state index in [9.17, 15) is 8.42 Å². The molecule has 0 aromatic heterocycles. The fourth-order valence-electron chi connectivity index (χ4n) is 3.85. The minimum atomic E-state index is -3.54. The first-order valence-corrected chi connectivity index (χ1v) is 11.8. The van der Waals surface area contributed by atoms with Gasteiger partial charge in [0.2, 0.25) is 10.0 Å².